The number of nitrogen functional groups attached to an aromatic ring is 1. The van der Waals surface area contributed by atoms with Crippen LogP contribution < -0.4 is 10.5 Å². The SMILES string of the molecule is COCCN(CCO)S(=O)(=O)c1cc(N)c(Br)cc1OC. The van der Waals surface area contributed by atoms with E-state index in [1.807, 2.05) is 0 Å². The zero-order valence-corrected chi connectivity index (χ0v) is 14.3. The third kappa shape index (κ3) is 4.30. The van der Waals surface area contributed by atoms with Crippen molar-refractivity contribution >= 4 is 31.6 Å². The maximum atomic E-state index is 12.7. The lowest BCUT2D eigenvalue weighted by atomic mass is 10.3. The molecule has 0 saturated heterocycles. The van der Waals surface area contributed by atoms with Gasteiger partial charge in [0.25, 0.3) is 0 Å². The Bertz CT molecular complexity index is 579. The molecule has 0 unspecified atom stereocenters. The maximum absolute atomic E-state index is 12.7. The normalized spacial score (nSPS) is 11.9. The molecule has 0 atom stereocenters. The molecule has 9 heteroatoms. The summed E-state index contributed by atoms with van der Waals surface area (Å²) in [6.07, 6.45) is 0. The van der Waals surface area contributed by atoms with Crippen LogP contribution in [0.4, 0.5) is 5.69 Å². The van der Waals surface area contributed by atoms with Gasteiger partial charge in [-0.05, 0) is 28.1 Å². The number of halogens is 1. The molecule has 0 aliphatic carbocycles. The maximum Gasteiger partial charge on any atom is 0.246 e. The first-order valence-corrected chi connectivity index (χ1v) is 8.34. The highest BCUT2D eigenvalue weighted by molar-refractivity contribution is 9.10. The van der Waals surface area contributed by atoms with Gasteiger partial charge in [-0.2, -0.15) is 4.31 Å². The number of nitrogens with two attached hydrogens (primary N) is 1. The average molecular weight is 383 g/mol. The number of hydrogen-bond acceptors (Lipinski definition) is 6. The summed E-state index contributed by atoms with van der Waals surface area (Å²) in [7, 11) is -0.998. The minimum Gasteiger partial charge on any atom is -0.495 e. The van der Waals surface area contributed by atoms with Crippen LogP contribution in [0.1, 0.15) is 0 Å². The summed E-state index contributed by atoms with van der Waals surface area (Å²) >= 11 is 3.22. The van der Waals surface area contributed by atoms with Crippen LogP contribution in [-0.4, -0.2) is 58.4 Å². The minimum atomic E-state index is -3.85. The molecule has 0 aliphatic heterocycles. The van der Waals surface area contributed by atoms with Crippen molar-refractivity contribution in [3.8, 4) is 5.75 Å². The van der Waals surface area contributed by atoms with Gasteiger partial charge >= 0.3 is 0 Å². The number of anilines is 1. The molecule has 0 radical (unpaired) electrons. The Balaban J connectivity index is 3.29. The molecular formula is C12H19BrN2O5S. The third-order valence-corrected chi connectivity index (χ3v) is 5.40. The lowest BCUT2D eigenvalue weighted by Gasteiger charge is -2.22. The average Bonchev–Trinajstić information content (AvgIpc) is 2.45. The van der Waals surface area contributed by atoms with Gasteiger partial charge in [0, 0.05) is 30.4 Å². The third-order valence-electron chi connectivity index (χ3n) is 2.79. The standard InChI is InChI=1S/C12H19BrN2O5S/c1-19-6-4-15(3-5-16)21(17,18)12-8-10(14)9(13)7-11(12)20-2/h7-8,16H,3-6,14H2,1-2H3. The number of benzene rings is 1. The fourth-order valence-corrected chi connectivity index (χ4v) is 3.62. The fraction of sp³-hybridized carbons (Fsp3) is 0.500. The van der Waals surface area contributed by atoms with Crippen LogP contribution in [-0.2, 0) is 14.8 Å². The highest BCUT2D eigenvalue weighted by atomic mass is 79.9. The molecule has 3 N–H and O–H groups in total. The van der Waals surface area contributed by atoms with Crippen molar-refractivity contribution in [3.63, 3.8) is 0 Å². The highest BCUT2D eigenvalue weighted by Crippen LogP contribution is 2.33. The molecule has 21 heavy (non-hydrogen) atoms. The van der Waals surface area contributed by atoms with Gasteiger partial charge in [-0.3, -0.25) is 0 Å². The lowest BCUT2D eigenvalue weighted by molar-refractivity contribution is 0.168. The molecule has 1 rings (SSSR count). The van der Waals surface area contributed by atoms with Crippen LogP contribution in [0.2, 0.25) is 0 Å². The number of sulfonamides is 1. The first-order chi connectivity index (χ1) is 9.88. The summed E-state index contributed by atoms with van der Waals surface area (Å²) in [5.41, 5.74) is 6.04. The number of aliphatic hydroxyl groups excluding tert-OH is 1. The van der Waals surface area contributed by atoms with Crippen molar-refractivity contribution in [2.24, 2.45) is 0 Å². The predicted octanol–water partition coefficient (Wildman–Crippen LogP) is 0.669. The van der Waals surface area contributed by atoms with E-state index in [9.17, 15) is 8.42 Å². The molecule has 0 fully saturated rings. The van der Waals surface area contributed by atoms with Crippen LogP contribution in [0.5, 0.6) is 5.75 Å². The van der Waals surface area contributed by atoms with Crippen LogP contribution in [0.25, 0.3) is 0 Å². The summed E-state index contributed by atoms with van der Waals surface area (Å²) in [4.78, 5) is -0.0461. The predicted molar refractivity (Wildman–Crippen MR) is 82.8 cm³/mol. The van der Waals surface area contributed by atoms with Crippen molar-refractivity contribution in [2.45, 2.75) is 4.90 Å². The first-order valence-electron chi connectivity index (χ1n) is 6.11. The van der Waals surface area contributed by atoms with Gasteiger partial charge in [0.1, 0.15) is 10.6 Å². The number of hydrogen-bond donors (Lipinski definition) is 2. The Labute approximate surface area is 132 Å². The Morgan fingerprint density at radius 3 is 2.52 bits per heavy atom. The van der Waals surface area contributed by atoms with Gasteiger partial charge in [-0.15, -0.1) is 0 Å². The second-order valence-corrected chi connectivity index (χ2v) is 6.91. The molecule has 0 aliphatic rings. The molecule has 0 spiro atoms. The van der Waals surface area contributed by atoms with E-state index in [1.165, 1.54) is 26.4 Å². The Kier molecular flexibility index (Phi) is 6.88. The van der Waals surface area contributed by atoms with E-state index in [1.54, 1.807) is 0 Å². The molecule has 1 aromatic rings. The van der Waals surface area contributed by atoms with Crippen molar-refractivity contribution in [3.05, 3.63) is 16.6 Å². The summed E-state index contributed by atoms with van der Waals surface area (Å²) in [6.45, 7) is 0.00809. The molecule has 0 saturated carbocycles. The highest BCUT2D eigenvalue weighted by Gasteiger charge is 2.28. The van der Waals surface area contributed by atoms with Crippen LogP contribution in [0.3, 0.4) is 0 Å². The van der Waals surface area contributed by atoms with E-state index in [0.717, 1.165) is 4.31 Å². The number of ether oxygens (including phenoxy) is 2. The number of rotatable bonds is 8. The lowest BCUT2D eigenvalue weighted by Crippen LogP contribution is -2.36. The summed E-state index contributed by atoms with van der Waals surface area (Å²) < 4.78 is 37.0. The van der Waals surface area contributed by atoms with Crippen LogP contribution in [0, 0.1) is 0 Å². The molecule has 0 bridgehead atoms. The summed E-state index contributed by atoms with van der Waals surface area (Å²) in [5.74, 6) is 0.177. The van der Waals surface area contributed by atoms with Gasteiger partial charge in [-0.1, -0.05) is 0 Å². The Morgan fingerprint density at radius 2 is 2.00 bits per heavy atom. The second-order valence-electron chi connectivity index (χ2n) is 4.15. The Hall–Kier alpha value is -0.870. The number of methoxy groups -OCH3 is 2. The first kappa shape index (κ1) is 18.2. The molecule has 7 nitrogen and oxygen atoms in total. The molecule has 0 heterocycles. The summed E-state index contributed by atoms with van der Waals surface area (Å²) in [5, 5.41) is 9.06. The van der Waals surface area contributed by atoms with Crippen LogP contribution >= 0.6 is 15.9 Å². The Morgan fingerprint density at radius 1 is 1.33 bits per heavy atom. The largest absolute Gasteiger partial charge is 0.495 e. The topological polar surface area (TPSA) is 102 Å². The van der Waals surface area contributed by atoms with Gasteiger partial charge in [0.05, 0.1) is 20.3 Å². The second kappa shape index (κ2) is 7.95. The zero-order chi connectivity index (χ0) is 16.0. The quantitative estimate of drug-likeness (QED) is 0.640. The van der Waals surface area contributed by atoms with E-state index in [2.05, 4.69) is 15.9 Å². The van der Waals surface area contributed by atoms with Crippen molar-refractivity contribution < 1.29 is 23.0 Å². The molecule has 0 aromatic heterocycles. The smallest absolute Gasteiger partial charge is 0.246 e. The van der Waals surface area contributed by atoms with E-state index in [0.29, 0.717) is 4.47 Å². The van der Waals surface area contributed by atoms with Gasteiger partial charge in [0.15, 0.2) is 0 Å². The summed E-state index contributed by atoms with van der Waals surface area (Å²) in [6, 6.07) is 2.82. The van der Waals surface area contributed by atoms with Gasteiger partial charge in [-0.25, -0.2) is 8.42 Å². The van der Waals surface area contributed by atoms with E-state index in [-0.39, 0.29) is 42.6 Å². The minimum absolute atomic E-state index is 0.0369. The molecule has 0 amide bonds. The van der Waals surface area contributed by atoms with E-state index in [4.69, 9.17) is 20.3 Å². The number of aliphatic hydroxyl groups is 1. The van der Waals surface area contributed by atoms with Crippen molar-refractivity contribution in [2.75, 3.05) is 46.3 Å². The molecule has 1 aromatic carbocycles. The van der Waals surface area contributed by atoms with Gasteiger partial charge in [0.2, 0.25) is 10.0 Å². The van der Waals surface area contributed by atoms with Crippen LogP contribution in [0.15, 0.2) is 21.5 Å². The van der Waals surface area contributed by atoms with Crippen molar-refractivity contribution in [1.29, 1.82) is 0 Å². The zero-order valence-electron chi connectivity index (χ0n) is 11.9. The van der Waals surface area contributed by atoms with E-state index < -0.39 is 10.0 Å². The molecule has 120 valence electrons. The van der Waals surface area contributed by atoms with E-state index >= 15 is 0 Å². The molecular weight excluding hydrogens is 364 g/mol. The monoisotopic (exact) mass is 382 g/mol. The number of nitrogens with zero attached hydrogens (tertiary/aromatic N) is 1. The van der Waals surface area contributed by atoms with Crippen molar-refractivity contribution in [1.82, 2.24) is 4.31 Å². The fourth-order valence-electron chi connectivity index (χ4n) is 1.71. The van der Waals surface area contributed by atoms with Gasteiger partial charge < -0.3 is 20.3 Å².